The number of benzene rings is 3. The van der Waals surface area contributed by atoms with Crippen LogP contribution < -0.4 is 19.5 Å². The van der Waals surface area contributed by atoms with Crippen LogP contribution in [0.1, 0.15) is 66.4 Å². The Kier molecular flexibility index (Phi) is 10.3. The normalized spacial score (nSPS) is 17.7. The zero-order chi connectivity index (χ0) is 31.0. The molecule has 45 heavy (non-hydrogen) atoms. The molecule has 0 amide bonds. The Morgan fingerprint density at radius 3 is 2.58 bits per heavy atom. The quantitative estimate of drug-likeness (QED) is 0.131. The molecular weight excluding hydrogens is 562 g/mol. The highest BCUT2D eigenvalue weighted by Crippen LogP contribution is 2.38. The molecule has 1 unspecified atom stereocenters. The molecule has 2 saturated heterocycles. The van der Waals surface area contributed by atoms with Crippen molar-refractivity contribution in [2.75, 3.05) is 39.9 Å². The zero-order valence-corrected chi connectivity index (χ0v) is 26.6. The lowest BCUT2D eigenvalue weighted by molar-refractivity contribution is 0.0816. The summed E-state index contributed by atoms with van der Waals surface area (Å²) in [7, 11) is 1.65. The summed E-state index contributed by atoms with van der Waals surface area (Å²) < 4.78 is 18.4. The first-order chi connectivity index (χ1) is 22.1. The minimum atomic E-state index is -0.0805. The second-order valence-corrected chi connectivity index (χ2v) is 12.4. The van der Waals surface area contributed by atoms with Gasteiger partial charge in [-0.2, -0.15) is 0 Å². The van der Waals surface area contributed by atoms with Gasteiger partial charge in [0.2, 0.25) is 0 Å². The van der Waals surface area contributed by atoms with Gasteiger partial charge >= 0.3 is 0 Å². The van der Waals surface area contributed by atoms with E-state index in [2.05, 4.69) is 15.2 Å². The first-order valence-electron chi connectivity index (χ1n) is 16.5. The maximum Gasteiger partial charge on any atom is 0.196 e. The minimum absolute atomic E-state index is 0.0805. The van der Waals surface area contributed by atoms with E-state index in [4.69, 9.17) is 14.2 Å². The maximum atomic E-state index is 13.4. The molecule has 7 heteroatoms. The first kappa shape index (κ1) is 31.1. The second kappa shape index (κ2) is 14.9. The number of unbranched alkanes of at least 4 members (excludes halogenated alkanes) is 1. The molecule has 1 atom stereocenters. The molecule has 6 rings (SSSR count). The molecule has 3 heterocycles. The van der Waals surface area contributed by atoms with Crippen molar-refractivity contribution in [1.82, 2.24) is 15.2 Å². The van der Waals surface area contributed by atoms with Crippen LogP contribution >= 0.6 is 0 Å². The standard InChI is InChI=1S/C38H45N3O4/c1-27-13-14-34(31(24-27)38(42)29-10-4-3-5-11-29)45-35-17-20-40-32-26-37(36(43-2)25-30(32)35)44-23-9-8-22-41-21-7-6-12-33(41)28-15-18-39-19-16-28/h3-5,10-11,13-14,17,20,24-26,28,33,39H,6-9,12,15-16,18-19,21-23H2,1-2H3. The van der Waals surface area contributed by atoms with Gasteiger partial charge < -0.3 is 24.4 Å². The average molecular weight is 608 g/mol. The number of nitrogens with one attached hydrogen (secondary N) is 1. The second-order valence-electron chi connectivity index (χ2n) is 12.4. The number of rotatable bonds is 12. The summed E-state index contributed by atoms with van der Waals surface area (Å²) >= 11 is 0. The van der Waals surface area contributed by atoms with Gasteiger partial charge in [0.25, 0.3) is 0 Å². The number of ether oxygens (including phenoxy) is 3. The van der Waals surface area contributed by atoms with Crippen LogP contribution in [0.5, 0.6) is 23.0 Å². The number of fused-ring (bicyclic) bond motifs is 1. The highest BCUT2D eigenvalue weighted by Gasteiger charge is 2.30. The molecule has 0 bridgehead atoms. The van der Waals surface area contributed by atoms with E-state index in [0.717, 1.165) is 47.8 Å². The summed E-state index contributed by atoms with van der Waals surface area (Å²) in [4.78, 5) is 20.8. The van der Waals surface area contributed by atoms with Gasteiger partial charge in [0.05, 0.1) is 24.8 Å². The van der Waals surface area contributed by atoms with Crippen LogP contribution in [0.4, 0.5) is 0 Å². The summed E-state index contributed by atoms with van der Waals surface area (Å²) in [6, 6.07) is 21.4. The molecule has 0 spiro atoms. The summed E-state index contributed by atoms with van der Waals surface area (Å²) in [5, 5.41) is 4.31. The lowest BCUT2D eigenvalue weighted by Gasteiger charge is -2.42. The smallest absolute Gasteiger partial charge is 0.196 e. The molecule has 2 fully saturated rings. The van der Waals surface area contributed by atoms with Crippen molar-refractivity contribution < 1.29 is 19.0 Å². The van der Waals surface area contributed by atoms with E-state index in [0.29, 0.717) is 40.7 Å². The fourth-order valence-electron chi connectivity index (χ4n) is 6.92. The molecule has 1 aromatic heterocycles. The number of pyridine rings is 1. The minimum Gasteiger partial charge on any atom is -0.493 e. The van der Waals surface area contributed by atoms with E-state index in [1.165, 1.54) is 51.7 Å². The van der Waals surface area contributed by atoms with Crippen molar-refractivity contribution in [3.05, 3.63) is 89.6 Å². The fourth-order valence-corrected chi connectivity index (χ4v) is 6.92. The number of carbonyl (C=O) groups excluding carboxylic acids is 1. The van der Waals surface area contributed by atoms with E-state index in [1.807, 2.05) is 73.7 Å². The van der Waals surface area contributed by atoms with Gasteiger partial charge in [0.15, 0.2) is 17.3 Å². The van der Waals surface area contributed by atoms with Gasteiger partial charge in [-0.15, -0.1) is 0 Å². The van der Waals surface area contributed by atoms with E-state index in [1.54, 1.807) is 13.3 Å². The van der Waals surface area contributed by atoms with Crippen molar-refractivity contribution in [2.45, 2.75) is 57.9 Å². The molecule has 0 aliphatic carbocycles. The molecule has 2 aliphatic heterocycles. The Bertz CT molecular complexity index is 1590. The maximum absolute atomic E-state index is 13.4. The van der Waals surface area contributed by atoms with Crippen LogP contribution in [0.2, 0.25) is 0 Å². The average Bonchev–Trinajstić information content (AvgIpc) is 3.09. The Balaban J connectivity index is 1.12. The number of ketones is 1. The van der Waals surface area contributed by atoms with Crippen LogP contribution in [0.15, 0.2) is 72.9 Å². The number of methoxy groups -OCH3 is 1. The lowest BCUT2D eigenvalue weighted by Crippen LogP contribution is -2.47. The monoisotopic (exact) mass is 607 g/mol. The van der Waals surface area contributed by atoms with Gasteiger partial charge in [-0.25, -0.2) is 0 Å². The third-order valence-electron chi connectivity index (χ3n) is 9.31. The largest absolute Gasteiger partial charge is 0.493 e. The van der Waals surface area contributed by atoms with Crippen molar-refractivity contribution in [2.24, 2.45) is 5.92 Å². The fraction of sp³-hybridized carbons (Fsp3) is 0.421. The highest BCUT2D eigenvalue weighted by molar-refractivity contribution is 6.11. The third kappa shape index (κ3) is 7.48. The van der Waals surface area contributed by atoms with Crippen molar-refractivity contribution in [1.29, 1.82) is 0 Å². The van der Waals surface area contributed by atoms with Gasteiger partial charge in [-0.3, -0.25) is 9.78 Å². The Morgan fingerprint density at radius 1 is 0.911 bits per heavy atom. The predicted octanol–water partition coefficient (Wildman–Crippen LogP) is 7.59. The Hall–Kier alpha value is -3.94. The van der Waals surface area contributed by atoms with Crippen LogP contribution in [0.25, 0.3) is 10.9 Å². The van der Waals surface area contributed by atoms with Crippen LogP contribution in [-0.2, 0) is 0 Å². The molecule has 236 valence electrons. The third-order valence-corrected chi connectivity index (χ3v) is 9.31. The van der Waals surface area contributed by atoms with E-state index in [-0.39, 0.29) is 5.78 Å². The Labute approximate surface area is 266 Å². The molecule has 1 N–H and O–H groups in total. The molecule has 3 aromatic carbocycles. The van der Waals surface area contributed by atoms with Crippen LogP contribution in [0.3, 0.4) is 0 Å². The summed E-state index contributed by atoms with van der Waals surface area (Å²) in [6.07, 6.45) is 10.5. The number of hydrogen-bond acceptors (Lipinski definition) is 7. The molecule has 2 aliphatic rings. The number of aromatic nitrogens is 1. The number of piperidine rings is 2. The van der Waals surface area contributed by atoms with Crippen LogP contribution in [0, 0.1) is 12.8 Å². The van der Waals surface area contributed by atoms with E-state index < -0.39 is 0 Å². The molecule has 0 radical (unpaired) electrons. The van der Waals surface area contributed by atoms with Crippen LogP contribution in [-0.4, -0.2) is 61.6 Å². The Morgan fingerprint density at radius 2 is 1.76 bits per heavy atom. The first-order valence-corrected chi connectivity index (χ1v) is 16.5. The summed E-state index contributed by atoms with van der Waals surface area (Å²) in [5.74, 6) is 3.16. The number of aryl methyl sites for hydroxylation is 1. The predicted molar refractivity (Wildman–Crippen MR) is 179 cm³/mol. The molecular formula is C38H45N3O4. The van der Waals surface area contributed by atoms with Gasteiger partial charge in [0.1, 0.15) is 11.5 Å². The number of hydrogen-bond donors (Lipinski definition) is 1. The topological polar surface area (TPSA) is 72.9 Å². The summed E-state index contributed by atoms with van der Waals surface area (Å²) in [6.45, 7) is 7.30. The lowest BCUT2D eigenvalue weighted by atomic mass is 9.84. The van der Waals surface area contributed by atoms with Gasteiger partial charge in [0, 0.05) is 29.3 Å². The molecule has 0 saturated carbocycles. The SMILES string of the molecule is COc1cc2c(Oc3ccc(C)cc3C(=O)c3ccccc3)ccnc2cc1OCCCCN1CCCCC1C1CCNCC1. The van der Waals surface area contributed by atoms with Gasteiger partial charge in [-0.1, -0.05) is 48.4 Å². The molecule has 4 aromatic rings. The van der Waals surface area contributed by atoms with E-state index in [9.17, 15) is 4.79 Å². The van der Waals surface area contributed by atoms with Crippen molar-refractivity contribution in [3.8, 4) is 23.0 Å². The number of nitrogens with zero attached hydrogens (tertiary/aromatic N) is 2. The molecule has 7 nitrogen and oxygen atoms in total. The number of carbonyl (C=O) groups is 1. The number of likely N-dealkylation sites (tertiary alicyclic amines) is 1. The highest BCUT2D eigenvalue weighted by atomic mass is 16.5. The van der Waals surface area contributed by atoms with Crippen molar-refractivity contribution in [3.63, 3.8) is 0 Å². The van der Waals surface area contributed by atoms with E-state index >= 15 is 0 Å². The van der Waals surface area contributed by atoms with Gasteiger partial charge in [-0.05, 0) is 102 Å². The summed E-state index contributed by atoms with van der Waals surface area (Å²) in [5.41, 5.74) is 2.87. The zero-order valence-electron chi connectivity index (χ0n) is 26.6. The van der Waals surface area contributed by atoms with Crippen molar-refractivity contribution >= 4 is 16.7 Å².